The average Bonchev–Trinajstić information content (AvgIpc) is 3.41. The van der Waals surface area contributed by atoms with Crippen LogP contribution < -0.4 is 10.2 Å². The molecule has 3 heterocycles. The van der Waals surface area contributed by atoms with E-state index in [-0.39, 0.29) is 17.7 Å². The van der Waals surface area contributed by atoms with Crippen molar-refractivity contribution in [2.24, 2.45) is 16.9 Å². The number of hydrazone groups is 1. The Kier molecular flexibility index (Phi) is 4.72. The molecule has 7 rings (SSSR count). The highest BCUT2D eigenvalue weighted by molar-refractivity contribution is 6.24. The number of rotatable bonds is 3. The van der Waals surface area contributed by atoms with E-state index in [4.69, 9.17) is 0 Å². The lowest BCUT2D eigenvalue weighted by atomic mass is 9.85. The third-order valence-electron chi connectivity index (χ3n) is 7.59. The van der Waals surface area contributed by atoms with Crippen LogP contribution in [0.2, 0.25) is 0 Å². The molecule has 3 amide bonds. The zero-order chi connectivity index (χ0) is 25.1. The number of hydrogen-bond donors (Lipinski definition) is 1. The summed E-state index contributed by atoms with van der Waals surface area (Å²) >= 11 is 0. The van der Waals surface area contributed by atoms with Crippen molar-refractivity contribution < 1.29 is 14.4 Å². The molecule has 0 spiro atoms. The summed E-state index contributed by atoms with van der Waals surface area (Å²) in [5, 5.41) is 11.1. The summed E-state index contributed by atoms with van der Waals surface area (Å²) in [5.74, 6) is -2.63. The second-order valence-corrected chi connectivity index (χ2v) is 9.59. The number of nitrogens with one attached hydrogen (secondary N) is 1. The molecule has 4 aromatic rings. The lowest BCUT2D eigenvalue weighted by molar-refractivity contribution is -0.129. The molecule has 7 nitrogen and oxygen atoms in total. The van der Waals surface area contributed by atoms with Crippen LogP contribution in [0, 0.1) is 11.8 Å². The van der Waals surface area contributed by atoms with Gasteiger partial charge in [-0.05, 0) is 46.2 Å². The predicted octanol–water partition coefficient (Wildman–Crippen LogP) is 4.36. The van der Waals surface area contributed by atoms with Gasteiger partial charge < -0.3 is 5.32 Å². The smallest absolute Gasteiger partial charge is 0.249 e. The van der Waals surface area contributed by atoms with Gasteiger partial charge in [0.25, 0.3) is 0 Å². The Morgan fingerprint density at radius 1 is 0.757 bits per heavy atom. The molecule has 0 aromatic heterocycles. The molecule has 180 valence electrons. The Morgan fingerprint density at radius 2 is 1.46 bits per heavy atom. The topological polar surface area (TPSA) is 82.1 Å². The highest BCUT2D eigenvalue weighted by Crippen LogP contribution is 2.52. The second-order valence-electron chi connectivity index (χ2n) is 9.59. The van der Waals surface area contributed by atoms with Crippen LogP contribution >= 0.6 is 0 Å². The first-order chi connectivity index (χ1) is 18.1. The average molecular weight is 487 g/mol. The molecule has 0 saturated carbocycles. The van der Waals surface area contributed by atoms with Crippen molar-refractivity contribution in [2.45, 2.75) is 12.1 Å². The van der Waals surface area contributed by atoms with Gasteiger partial charge in [-0.3, -0.25) is 19.4 Å². The van der Waals surface area contributed by atoms with Gasteiger partial charge in [-0.1, -0.05) is 72.8 Å². The van der Waals surface area contributed by atoms with Gasteiger partial charge in [0.05, 0.1) is 29.8 Å². The van der Waals surface area contributed by atoms with Gasteiger partial charge in [0.15, 0.2) is 0 Å². The van der Waals surface area contributed by atoms with Gasteiger partial charge in [0, 0.05) is 5.69 Å². The fraction of sp³-hybridized carbons (Fsp3) is 0.133. The van der Waals surface area contributed by atoms with Crippen LogP contribution in [0.3, 0.4) is 0 Å². The summed E-state index contributed by atoms with van der Waals surface area (Å²) in [7, 11) is 0. The molecule has 37 heavy (non-hydrogen) atoms. The molecule has 4 aromatic carbocycles. The maximum absolute atomic E-state index is 14.0. The van der Waals surface area contributed by atoms with Crippen molar-refractivity contribution in [3.8, 4) is 0 Å². The lowest BCUT2D eigenvalue weighted by Gasteiger charge is -2.33. The first kappa shape index (κ1) is 21.5. The number of nitrogens with zero attached hydrogens (tertiary/aromatic N) is 3. The third kappa shape index (κ3) is 3.20. The highest BCUT2D eigenvalue weighted by atomic mass is 16.2. The number of carbonyl (C=O) groups excluding carboxylic acids is 3. The molecular formula is C30H22N4O3. The molecule has 1 N–H and O–H groups in total. The molecule has 3 aliphatic rings. The van der Waals surface area contributed by atoms with Crippen molar-refractivity contribution in [2.75, 3.05) is 10.2 Å². The van der Waals surface area contributed by atoms with Gasteiger partial charge in [0.2, 0.25) is 17.7 Å². The van der Waals surface area contributed by atoms with E-state index in [0.29, 0.717) is 11.4 Å². The number of imide groups is 1. The van der Waals surface area contributed by atoms with E-state index in [0.717, 1.165) is 21.9 Å². The van der Waals surface area contributed by atoms with Crippen molar-refractivity contribution >= 4 is 46.1 Å². The second kappa shape index (κ2) is 8.13. The predicted molar refractivity (Wildman–Crippen MR) is 141 cm³/mol. The normalized spacial score (nSPS) is 23.7. The standard InChI is InChI=1S/C30H22N4O3/c35-28(32-21-11-2-1-3-12-21)27-25-24(26-23-13-7-6-10-20(23)17-31-34(26)27)29(36)33(30(25)37)22-15-14-18-8-4-5-9-19(18)16-22/h1-17,24-27H,(H,32,35)/t24-,25+,26?,27-/m1/s1. The van der Waals surface area contributed by atoms with Crippen LogP contribution in [0.4, 0.5) is 11.4 Å². The van der Waals surface area contributed by atoms with E-state index in [1.54, 1.807) is 29.4 Å². The summed E-state index contributed by atoms with van der Waals surface area (Å²) in [6, 6.07) is 28.7. The quantitative estimate of drug-likeness (QED) is 0.437. The van der Waals surface area contributed by atoms with Crippen molar-refractivity contribution in [3.63, 3.8) is 0 Å². The zero-order valence-corrected chi connectivity index (χ0v) is 19.7. The summed E-state index contributed by atoms with van der Waals surface area (Å²) in [6.07, 6.45) is 1.70. The van der Waals surface area contributed by atoms with E-state index in [9.17, 15) is 14.4 Å². The summed E-state index contributed by atoms with van der Waals surface area (Å²) in [5.41, 5.74) is 2.92. The molecule has 3 aliphatic heterocycles. The number of amides is 3. The Hall–Kier alpha value is -4.78. The molecule has 1 unspecified atom stereocenters. The van der Waals surface area contributed by atoms with E-state index < -0.39 is 23.9 Å². The van der Waals surface area contributed by atoms with Gasteiger partial charge in [-0.2, -0.15) is 5.10 Å². The molecule has 0 aliphatic carbocycles. The van der Waals surface area contributed by atoms with Gasteiger partial charge >= 0.3 is 0 Å². The third-order valence-corrected chi connectivity index (χ3v) is 7.59. The number of fused-ring (bicyclic) bond motifs is 6. The van der Waals surface area contributed by atoms with Gasteiger partial charge in [-0.15, -0.1) is 0 Å². The maximum Gasteiger partial charge on any atom is 0.249 e. The van der Waals surface area contributed by atoms with Crippen LogP contribution in [0.5, 0.6) is 0 Å². The molecule has 4 atom stereocenters. The largest absolute Gasteiger partial charge is 0.324 e. The molecule has 7 heteroatoms. The van der Waals surface area contributed by atoms with E-state index >= 15 is 0 Å². The number of benzene rings is 4. The summed E-state index contributed by atoms with van der Waals surface area (Å²) in [6.45, 7) is 0. The van der Waals surface area contributed by atoms with Gasteiger partial charge in [-0.25, -0.2) is 4.90 Å². The monoisotopic (exact) mass is 486 g/mol. The van der Waals surface area contributed by atoms with Crippen LogP contribution in [0.15, 0.2) is 102 Å². The Balaban J connectivity index is 1.33. The van der Waals surface area contributed by atoms with Gasteiger partial charge in [0.1, 0.15) is 6.04 Å². The molecule has 0 radical (unpaired) electrons. The molecular weight excluding hydrogens is 464 g/mol. The Bertz CT molecular complexity index is 1620. The van der Waals surface area contributed by atoms with Crippen LogP contribution in [-0.2, 0) is 14.4 Å². The fourth-order valence-corrected chi connectivity index (χ4v) is 5.98. The minimum atomic E-state index is -0.929. The maximum atomic E-state index is 14.0. The molecule has 2 saturated heterocycles. The number of hydrogen-bond acceptors (Lipinski definition) is 5. The SMILES string of the molecule is O=C(Nc1ccccc1)[C@H]1[C@H]2C(=O)N(c3ccc4ccccc4c3)C(=O)[C@H]2C2c3ccccc3C=NN21. The van der Waals surface area contributed by atoms with E-state index in [1.165, 1.54) is 4.90 Å². The minimum absolute atomic E-state index is 0.304. The molecule has 2 fully saturated rings. The minimum Gasteiger partial charge on any atom is -0.324 e. The Morgan fingerprint density at radius 3 is 2.30 bits per heavy atom. The fourth-order valence-electron chi connectivity index (χ4n) is 5.98. The first-order valence-corrected chi connectivity index (χ1v) is 12.3. The lowest BCUT2D eigenvalue weighted by Crippen LogP contribution is -2.46. The zero-order valence-electron chi connectivity index (χ0n) is 19.7. The Labute approximate surface area is 213 Å². The highest BCUT2D eigenvalue weighted by Gasteiger charge is 2.65. The number of anilines is 2. The van der Waals surface area contributed by atoms with Crippen molar-refractivity contribution in [1.29, 1.82) is 0 Å². The number of para-hydroxylation sites is 1. The molecule has 0 bridgehead atoms. The van der Waals surface area contributed by atoms with Crippen LogP contribution in [0.1, 0.15) is 17.2 Å². The summed E-state index contributed by atoms with van der Waals surface area (Å²) in [4.78, 5) is 43.0. The number of carbonyl (C=O) groups is 3. The van der Waals surface area contributed by atoms with E-state index in [2.05, 4.69) is 10.4 Å². The van der Waals surface area contributed by atoms with Crippen LogP contribution in [-0.4, -0.2) is 35.0 Å². The summed E-state index contributed by atoms with van der Waals surface area (Å²) < 4.78 is 0. The van der Waals surface area contributed by atoms with Crippen molar-refractivity contribution in [1.82, 2.24) is 5.01 Å². The first-order valence-electron chi connectivity index (χ1n) is 12.3. The van der Waals surface area contributed by atoms with Crippen molar-refractivity contribution in [3.05, 3.63) is 108 Å². The van der Waals surface area contributed by atoms with E-state index in [1.807, 2.05) is 78.9 Å². The van der Waals surface area contributed by atoms with Crippen LogP contribution in [0.25, 0.3) is 10.8 Å².